The van der Waals surface area contributed by atoms with Gasteiger partial charge in [-0.2, -0.15) is 4.31 Å². The average Bonchev–Trinajstić information content (AvgIpc) is 2.68. The fourth-order valence-corrected chi connectivity index (χ4v) is 4.46. The smallest absolute Gasteiger partial charge is 0.247 e. The normalized spacial score (nSPS) is 12.6. The highest BCUT2D eigenvalue weighted by Gasteiger charge is 2.30. The minimum Gasteiger partial charge on any atom is -0.452 e. The summed E-state index contributed by atoms with van der Waals surface area (Å²) in [4.78, 5) is 0.191. The summed E-state index contributed by atoms with van der Waals surface area (Å²) in [7, 11) is -3.52. The zero-order valence-corrected chi connectivity index (χ0v) is 14.1. The highest BCUT2D eigenvalue weighted by atomic mass is 79.9. The Morgan fingerprint density at radius 2 is 2.05 bits per heavy atom. The molecule has 1 aromatic rings. The van der Waals surface area contributed by atoms with E-state index in [1.807, 2.05) is 27.7 Å². The van der Waals surface area contributed by atoms with Gasteiger partial charge in [-0.1, -0.05) is 13.8 Å². The molecular formula is C12H21BrN2O3S. The summed E-state index contributed by atoms with van der Waals surface area (Å²) in [5.41, 5.74) is 0. The molecule has 0 atom stereocenters. The van der Waals surface area contributed by atoms with E-state index in [4.69, 9.17) is 4.42 Å². The largest absolute Gasteiger partial charge is 0.452 e. The minimum absolute atomic E-state index is 0.0889. The van der Waals surface area contributed by atoms with Gasteiger partial charge >= 0.3 is 0 Å². The van der Waals surface area contributed by atoms with Gasteiger partial charge in [-0.15, -0.1) is 0 Å². The Hall–Kier alpha value is -0.370. The van der Waals surface area contributed by atoms with Gasteiger partial charge in [0.2, 0.25) is 10.0 Å². The molecule has 19 heavy (non-hydrogen) atoms. The van der Waals surface area contributed by atoms with Crippen LogP contribution in [0.4, 0.5) is 0 Å². The van der Waals surface area contributed by atoms with Crippen molar-refractivity contribution < 1.29 is 12.8 Å². The molecule has 0 saturated carbocycles. The van der Waals surface area contributed by atoms with Crippen LogP contribution in [0.3, 0.4) is 0 Å². The van der Waals surface area contributed by atoms with Crippen molar-refractivity contribution >= 4 is 26.0 Å². The van der Waals surface area contributed by atoms with E-state index in [1.54, 1.807) is 6.07 Å². The number of furan rings is 1. The first-order valence-electron chi connectivity index (χ1n) is 6.35. The van der Waals surface area contributed by atoms with Gasteiger partial charge in [-0.05, 0) is 36.3 Å². The third-order valence-electron chi connectivity index (χ3n) is 2.73. The van der Waals surface area contributed by atoms with Crippen molar-refractivity contribution in [2.75, 3.05) is 13.1 Å². The summed E-state index contributed by atoms with van der Waals surface area (Å²) in [6, 6.07) is 1.49. The second-order valence-electron chi connectivity index (χ2n) is 4.43. The van der Waals surface area contributed by atoms with Crippen molar-refractivity contribution in [2.45, 2.75) is 45.2 Å². The average molecular weight is 353 g/mol. The molecular weight excluding hydrogens is 332 g/mol. The van der Waals surface area contributed by atoms with E-state index in [0.717, 1.165) is 6.54 Å². The van der Waals surface area contributed by atoms with E-state index in [1.165, 1.54) is 4.31 Å². The number of halogens is 1. The van der Waals surface area contributed by atoms with E-state index >= 15 is 0 Å². The van der Waals surface area contributed by atoms with Crippen LogP contribution in [0.15, 0.2) is 20.0 Å². The third kappa shape index (κ3) is 3.81. The van der Waals surface area contributed by atoms with Crippen LogP contribution in [-0.2, 0) is 16.6 Å². The molecule has 0 fully saturated rings. The Bertz CT molecular complexity index is 511. The topological polar surface area (TPSA) is 62.6 Å². The van der Waals surface area contributed by atoms with Crippen LogP contribution in [0.1, 0.15) is 33.5 Å². The fourth-order valence-electron chi connectivity index (χ4n) is 1.85. The first-order valence-corrected chi connectivity index (χ1v) is 8.58. The molecule has 1 aromatic heterocycles. The Morgan fingerprint density at radius 1 is 1.42 bits per heavy atom. The quantitative estimate of drug-likeness (QED) is 0.818. The Kier molecular flexibility index (Phi) is 6.04. The van der Waals surface area contributed by atoms with E-state index in [0.29, 0.717) is 18.8 Å². The molecule has 1 rings (SSSR count). The Morgan fingerprint density at radius 3 is 2.53 bits per heavy atom. The second-order valence-corrected chi connectivity index (χ2v) is 7.01. The Labute approximate surface area is 123 Å². The number of rotatable bonds is 7. The molecule has 0 amide bonds. The molecule has 7 heteroatoms. The molecule has 1 heterocycles. The summed E-state index contributed by atoms with van der Waals surface area (Å²) in [5.74, 6) is 0.604. The third-order valence-corrected chi connectivity index (χ3v) is 5.74. The molecule has 0 spiro atoms. The molecule has 0 aromatic carbocycles. The van der Waals surface area contributed by atoms with Gasteiger partial charge in [0, 0.05) is 18.7 Å². The molecule has 110 valence electrons. The lowest BCUT2D eigenvalue weighted by molar-refractivity contribution is 0.368. The predicted molar refractivity (Wildman–Crippen MR) is 78.5 cm³/mol. The number of nitrogens with zero attached hydrogens (tertiary/aromatic N) is 1. The molecule has 0 aliphatic heterocycles. The zero-order chi connectivity index (χ0) is 14.6. The highest BCUT2D eigenvalue weighted by Crippen LogP contribution is 2.29. The second kappa shape index (κ2) is 6.88. The van der Waals surface area contributed by atoms with Crippen LogP contribution < -0.4 is 5.32 Å². The van der Waals surface area contributed by atoms with Crippen molar-refractivity contribution in [3.05, 3.63) is 16.5 Å². The number of nitrogens with one attached hydrogen (secondary N) is 1. The zero-order valence-electron chi connectivity index (χ0n) is 11.7. The molecule has 0 aliphatic rings. The van der Waals surface area contributed by atoms with Gasteiger partial charge in [0.15, 0.2) is 4.67 Å². The van der Waals surface area contributed by atoms with Crippen molar-refractivity contribution in [1.82, 2.24) is 9.62 Å². The van der Waals surface area contributed by atoms with Gasteiger partial charge < -0.3 is 9.73 Å². The number of hydrogen-bond donors (Lipinski definition) is 1. The lowest BCUT2D eigenvalue weighted by Gasteiger charge is -2.23. The van der Waals surface area contributed by atoms with Crippen LogP contribution in [-0.4, -0.2) is 31.9 Å². The molecule has 0 unspecified atom stereocenters. The van der Waals surface area contributed by atoms with Gasteiger partial charge in [-0.25, -0.2) is 8.42 Å². The summed E-state index contributed by atoms with van der Waals surface area (Å²) < 4.78 is 32.2. The van der Waals surface area contributed by atoms with Gasteiger partial charge in [-0.3, -0.25) is 0 Å². The van der Waals surface area contributed by atoms with E-state index < -0.39 is 10.0 Å². The maximum atomic E-state index is 12.5. The van der Waals surface area contributed by atoms with Crippen LogP contribution in [0.2, 0.25) is 0 Å². The van der Waals surface area contributed by atoms with Crippen LogP contribution in [0, 0.1) is 0 Å². The van der Waals surface area contributed by atoms with Crippen molar-refractivity contribution in [1.29, 1.82) is 0 Å². The van der Waals surface area contributed by atoms with Crippen LogP contribution in [0.5, 0.6) is 0 Å². The molecule has 0 radical (unpaired) electrons. The summed E-state index contributed by atoms with van der Waals surface area (Å²) in [6.45, 7) is 9.26. The first kappa shape index (κ1) is 16.7. The lowest BCUT2D eigenvalue weighted by Crippen LogP contribution is -2.36. The molecule has 5 nitrogen and oxygen atoms in total. The molecule has 0 bridgehead atoms. The van der Waals surface area contributed by atoms with Gasteiger partial charge in [0.05, 0.1) is 6.54 Å². The fraction of sp³-hybridized carbons (Fsp3) is 0.667. The number of sulfonamides is 1. The predicted octanol–water partition coefficient (Wildman–Crippen LogP) is 2.57. The van der Waals surface area contributed by atoms with E-state index in [-0.39, 0.29) is 15.6 Å². The minimum atomic E-state index is -3.52. The molecule has 0 aliphatic carbocycles. The van der Waals surface area contributed by atoms with Crippen molar-refractivity contribution in [3.8, 4) is 0 Å². The van der Waals surface area contributed by atoms with Crippen molar-refractivity contribution in [3.63, 3.8) is 0 Å². The highest BCUT2D eigenvalue weighted by molar-refractivity contribution is 9.10. The molecule has 1 N–H and O–H groups in total. The van der Waals surface area contributed by atoms with Crippen LogP contribution >= 0.6 is 15.9 Å². The first-order chi connectivity index (χ1) is 8.84. The standard InChI is InChI=1S/C12H21BrN2O3S/c1-5-14-8-10-7-11(12(13)18-10)19(16,17)15(6-2)9(3)4/h7,9,14H,5-6,8H2,1-4H3. The van der Waals surface area contributed by atoms with Gasteiger partial charge in [0.25, 0.3) is 0 Å². The molecule has 0 saturated heterocycles. The van der Waals surface area contributed by atoms with Crippen LogP contribution in [0.25, 0.3) is 0 Å². The number of hydrogen-bond acceptors (Lipinski definition) is 4. The summed E-state index contributed by atoms with van der Waals surface area (Å²) in [5, 5.41) is 3.10. The van der Waals surface area contributed by atoms with Gasteiger partial charge in [0.1, 0.15) is 10.7 Å². The monoisotopic (exact) mass is 352 g/mol. The van der Waals surface area contributed by atoms with E-state index in [9.17, 15) is 8.42 Å². The SMILES string of the molecule is CCNCc1cc(S(=O)(=O)N(CC)C(C)C)c(Br)o1. The maximum absolute atomic E-state index is 12.5. The van der Waals surface area contributed by atoms with Crippen molar-refractivity contribution in [2.24, 2.45) is 0 Å². The lowest BCUT2D eigenvalue weighted by atomic mass is 10.4. The Balaban J connectivity index is 3.10. The van der Waals surface area contributed by atoms with E-state index in [2.05, 4.69) is 21.2 Å². The maximum Gasteiger partial charge on any atom is 0.247 e. The summed E-state index contributed by atoms with van der Waals surface area (Å²) >= 11 is 3.19. The summed E-state index contributed by atoms with van der Waals surface area (Å²) in [6.07, 6.45) is 0.